The Bertz CT molecular complexity index is 1780. The van der Waals surface area contributed by atoms with Crippen molar-refractivity contribution in [2.24, 2.45) is 4.99 Å². The first-order chi connectivity index (χ1) is 19.4. The number of carbonyl (C=O) groups is 1. The van der Waals surface area contributed by atoms with Gasteiger partial charge in [0.1, 0.15) is 17.6 Å². The van der Waals surface area contributed by atoms with Crippen LogP contribution in [0.4, 0.5) is 0 Å². The standard InChI is InChI=1S/C30H27BrN2O6S/c1-5-37-27-21(8-7-9-23(27)36-4)26-25(29(35)38-6-2)17(3)32-30-33(26)28(34)24(40-30)16-20-14-15-22(39-20)18-10-12-19(31)13-11-18/h7-16,26H,5-6H2,1-4H3/b24-16+/t26-/m1/s1. The van der Waals surface area contributed by atoms with Crippen molar-refractivity contribution in [2.45, 2.75) is 26.8 Å². The number of nitrogens with zero attached hydrogens (tertiary/aromatic N) is 2. The number of aromatic nitrogens is 1. The van der Waals surface area contributed by atoms with Crippen LogP contribution >= 0.6 is 27.3 Å². The average Bonchev–Trinajstić information content (AvgIpc) is 3.53. The van der Waals surface area contributed by atoms with Crippen LogP contribution in [0.2, 0.25) is 0 Å². The fourth-order valence-electron chi connectivity index (χ4n) is 4.62. The summed E-state index contributed by atoms with van der Waals surface area (Å²) in [5, 5.41) is 0. The molecule has 1 aliphatic heterocycles. The number of ether oxygens (including phenoxy) is 3. The van der Waals surface area contributed by atoms with Crippen molar-refractivity contribution in [2.75, 3.05) is 20.3 Å². The van der Waals surface area contributed by atoms with E-state index in [0.717, 1.165) is 10.0 Å². The van der Waals surface area contributed by atoms with Gasteiger partial charge in [-0.05, 0) is 51.1 Å². The van der Waals surface area contributed by atoms with Gasteiger partial charge in [-0.25, -0.2) is 9.79 Å². The molecule has 0 saturated carbocycles. The van der Waals surface area contributed by atoms with E-state index in [0.29, 0.717) is 50.2 Å². The van der Waals surface area contributed by atoms with Crippen molar-refractivity contribution in [3.63, 3.8) is 0 Å². The maximum Gasteiger partial charge on any atom is 0.338 e. The molecule has 0 radical (unpaired) electrons. The second-order valence-electron chi connectivity index (χ2n) is 8.82. The van der Waals surface area contributed by atoms with E-state index in [1.54, 1.807) is 39.2 Å². The molecule has 0 saturated heterocycles. The molecule has 3 heterocycles. The Morgan fingerprint density at radius 3 is 2.60 bits per heavy atom. The van der Waals surface area contributed by atoms with Gasteiger partial charge >= 0.3 is 5.97 Å². The highest BCUT2D eigenvalue weighted by Gasteiger charge is 2.36. The minimum Gasteiger partial charge on any atom is -0.493 e. The molecule has 1 atom stereocenters. The van der Waals surface area contributed by atoms with E-state index < -0.39 is 12.0 Å². The number of hydrogen-bond acceptors (Lipinski definition) is 8. The minimum absolute atomic E-state index is 0.183. The van der Waals surface area contributed by atoms with Gasteiger partial charge in [0.2, 0.25) is 0 Å². The predicted octanol–water partition coefficient (Wildman–Crippen LogP) is 5.23. The van der Waals surface area contributed by atoms with Crippen LogP contribution in [0.5, 0.6) is 11.5 Å². The first-order valence-electron chi connectivity index (χ1n) is 12.7. The number of fused-ring (bicyclic) bond motifs is 1. The molecule has 40 heavy (non-hydrogen) atoms. The third kappa shape index (κ3) is 5.16. The highest BCUT2D eigenvalue weighted by atomic mass is 79.9. The van der Waals surface area contributed by atoms with E-state index in [2.05, 4.69) is 20.9 Å². The van der Waals surface area contributed by atoms with Gasteiger partial charge in [0.25, 0.3) is 5.56 Å². The van der Waals surface area contributed by atoms with Crippen molar-refractivity contribution in [3.8, 4) is 22.8 Å². The van der Waals surface area contributed by atoms with Crippen LogP contribution in [-0.4, -0.2) is 30.9 Å². The first-order valence-corrected chi connectivity index (χ1v) is 14.3. The molecule has 0 amide bonds. The van der Waals surface area contributed by atoms with E-state index in [1.165, 1.54) is 15.9 Å². The highest BCUT2D eigenvalue weighted by molar-refractivity contribution is 9.10. The zero-order valence-electron chi connectivity index (χ0n) is 22.4. The number of para-hydroxylation sites is 1. The second kappa shape index (κ2) is 11.7. The molecule has 0 fully saturated rings. The number of carbonyl (C=O) groups excluding carboxylic acids is 1. The van der Waals surface area contributed by atoms with Gasteiger partial charge in [-0.3, -0.25) is 9.36 Å². The van der Waals surface area contributed by atoms with Gasteiger partial charge in [0, 0.05) is 21.7 Å². The smallest absolute Gasteiger partial charge is 0.338 e. The molecule has 2 aromatic heterocycles. The van der Waals surface area contributed by atoms with Crippen molar-refractivity contribution in [1.82, 2.24) is 4.57 Å². The lowest BCUT2D eigenvalue weighted by Crippen LogP contribution is -2.40. The molecule has 0 unspecified atom stereocenters. The topological polar surface area (TPSA) is 92.3 Å². The lowest BCUT2D eigenvalue weighted by molar-refractivity contribution is -0.139. The predicted molar refractivity (Wildman–Crippen MR) is 156 cm³/mol. The van der Waals surface area contributed by atoms with Gasteiger partial charge in [-0.1, -0.05) is 51.5 Å². The zero-order valence-corrected chi connectivity index (χ0v) is 24.8. The number of halogens is 1. The van der Waals surface area contributed by atoms with Crippen LogP contribution in [0.15, 0.2) is 84.5 Å². The summed E-state index contributed by atoms with van der Waals surface area (Å²) in [6.07, 6.45) is 1.70. The maximum atomic E-state index is 14.0. The molecule has 0 bridgehead atoms. The SMILES string of the molecule is CCOC(=O)C1=C(C)N=c2s/c(=C/c3ccc(-c4ccc(Br)cc4)o3)c(=O)n2[C@@H]1c1cccc(OC)c1OCC. The third-order valence-electron chi connectivity index (χ3n) is 6.36. The average molecular weight is 624 g/mol. The van der Waals surface area contributed by atoms with Crippen molar-refractivity contribution in [1.29, 1.82) is 0 Å². The van der Waals surface area contributed by atoms with Crippen LogP contribution in [0.1, 0.15) is 38.1 Å². The van der Waals surface area contributed by atoms with Crippen LogP contribution in [0.3, 0.4) is 0 Å². The molecular formula is C30H27BrN2O6S. The summed E-state index contributed by atoms with van der Waals surface area (Å²) in [5.74, 6) is 1.61. The maximum absolute atomic E-state index is 14.0. The quantitative estimate of drug-likeness (QED) is 0.250. The molecule has 4 aromatic rings. The van der Waals surface area contributed by atoms with Crippen LogP contribution in [0, 0.1) is 0 Å². The third-order valence-corrected chi connectivity index (χ3v) is 7.87. The summed E-state index contributed by atoms with van der Waals surface area (Å²) < 4.78 is 25.9. The van der Waals surface area contributed by atoms with E-state index in [9.17, 15) is 9.59 Å². The molecule has 1 aliphatic rings. The van der Waals surface area contributed by atoms with Gasteiger partial charge < -0.3 is 18.6 Å². The largest absolute Gasteiger partial charge is 0.493 e. The number of hydrogen-bond donors (Lipinski definition) is 0. The van der Waals surface area contributed by atoms with Crippen molar-refractivity contribution in [3.05, 3.63) is 101 Å². The zero-order chi connectivity index (χ0) is 28.4. The van der Waals surface area contributed by atoms with Gasteiger partial charge in [0.15, 0.2) is 16.3 Å². The number of benzene rings is 2. The number of thiazole rings is 1. The molecule has 10 heteroatoms. The molecule has 206 valence electrons. The molecule has 5 rings (SSSR count). The summed E-state index contributed by atoms with van der Waals surface area (Å²) >= 11 is 4.67. The second-order valence-corrected chi connectivity index (χ2v) is 10.7. The number of methoxy groups -OCH3 is 1. The Balaban J connectivity index is 1.69. The van der Waals surface area contributed by atoms with Gasteiger partial charge in [0.05, 0.1) is 36.1 Å². The van der Waals surface area contributed by atoms with Crippen molar-refractivity contribution >= 4 is 39.3 Å². The Hall–Kier alpha value is -3.89. The number of esters is 1. The monoisotopic (exact) mass is 622 g/mol. The Morgan fingerprint density at radius 1 is 1.12 bits per heavy atom. The van der Waals surface area contributed by atoms with Crippen LogP contribution in [0.25, 0.3) is 17.4 Å². The fraction of sp³-hybridized carbons (Fsp3) is 0.233. The number of allylic oxidation sites excluding steroid dienone is 1. The lowest BCUT2D eigenvalue weighted by atomic mass is 9.94. The summed E-state index contributed by atoms with van der Waals surface area (Å²) in [6.45, 7) is 5.89. The molecule has 0 spiro atoms. The van der Waals surface area contributed by atoms with Gasteiger partial charge in [-0.15, -0.1) is 0 Å². The Morgan fingerprint density at radius 2 is 1.90 bits per heavy atom. The first kappa shape index (κ1) is 27.7. The summed E-state index contributed by atoms with van der Waals surface area (Å²) in [5.41, 5.74) is 1.94. The minimum atomic E-state index is -0.830. The summed E-state index contributed by atoms with van der Waals surface area (Å²) in [7, 11) is 1.55. The lowest BCUT2D eigenvalue weighted by Gasteiger charge is -2.26. The number of rotatable bonds is 8. The van der Waals surface area contributed by atoms with Gasteiger partial charge in [-0.2, -0.15) is 0 Å². The van der Waals surface area contributed by atoms with E-state index >= 15 is 0 Å². The Labute approximate surface area is 243 Å². The number of furan rings is 1. The van der Waals surface area contributed by atoms with Crippen LogP contribution < -0.4 is 24.4 Å². The molecule has 0 aliphatic carbocycles. The van der Waals surface area contributed by atoms with Crippen molar-refractivity contribution < 1.29 is 23.4 Å². The fourth-order valence-corrected chi connectivity index (χ4v) is 5.91. The van der Waals surface area contributed by atoms with E-state index in [4.69, 9.17) is 18.6 Å². The molecular weight excluding hydrogens is 596 g/mol. The summed E-state index contributed by atoms with van der Waals surface area (Å²) in [6, 6.07) is 16.0. The van der Waals surface area contributed by atoms with E-state index in [-0.39, 0.29) is 17.7 Å². The Kier molecular flexibility index (Phi) is 8.09. The normalized spacial score (nSPS) is 15.0. The van der Waals surface area contributed by atoms with Crippen LogP contribution in [-0.2, 0) is 9.53 Å². The van der Waals surface area contributed by atoms with E-state index in [1.807, 2.05) is 49.4 Å². The highest BCUT2D eigenvalue weighted by Crippen LogP contribution is 2.40. The molecule has 8 nitrogen and oxygen atoms in total. The molecule has 2 aromatic carbocycles. The summed E-state index contributed by atoms with van der Waals surface area (Å²) in [4.78, 5) is 32.3. The molecule has 0 N–H and O–H groups in total.